The molecule has 4 heterocycles. The highest BCUT2D eigenvalue weighted by atomic mass is 15.2. The average molecular weight is 413 g/mol. The van der Waals surface area contributed by atoms with Crippen molar-refractivity contribution in [2.45, 2.75) is 38.3 Å². The number of H-pyrrole nitrogens is 2. The molecule has 1 aliphatic rings. The van der Waals surface area contributed by atoms with Gasteiger partial charge in [0.2, 0.25) is 5.95 Å². The molecule has 1 unspecified atom stereocenters. The van der Waals surface area contributed by atoms with Crippen molar-refractivity contribution in [1.82, 2.24) is 30.5 Å². The second-order valence-electron chi connectivity index (χ2n) is 8.68. The van der Waals surface area contributed by atoms with Gasteiger partial charge in [0.15, 0.2) is 0 Å². The molecule has 4 aromatic rings. The van der Waals surface area contributed by atoms with Crippen molar-refractivity contribution in [2.75, 3.05) is 11.9 Å². The van der Waals surface area contributed by atoms with Crippen LogP contribution in [-0.2, 0) is 0 Å². The number of benzene rings is 1. The van der Waals surface area contributed by atoms with Crippen molar-refractivity contribution >= 4 is 16.9 Å². The predicted octanol–water partition coefficient (Wildman–Crippen LogP) is 3.83. The molecular weight excluding hydrogens is 388 g/mol. The maximum atomic E-state index is 9.21. The fourth-order valence-electron chi connectivity index (χ4n) is 4.02. The van der Waals surface area contributed by atoms with Gasteiger partial charge in [-0.3, -0.25) is 5.10 Å². The average Bonchev–Trinajstić information content (AvgIpc) is 3.44. The van der Waals surface area contributed by atoms with Crippen LogP contribution in [0.1, 0.15) is 32.3 Å². The lowest BCUT2D eigenvalue weighted by Crippen LogP contribution is -2.50. The minimum Gasteiger partial charge on any atom is -0.353 e. The molecule has 31 heavy (non-hydrogen) atoms. The largest absolute Gasteiger partial charge is 0.353 e. The van der Waals surface area contributed by atoms with E-state index in [0.29, 0.717) is 11.5 Å². The van der Waals surface area contributed by atoms with E-state index >= 15 is 0 Å². The van der Waals surface area contributed by atoms with Gasteiger partial charge in [0, 0.05) is 52.5 Å². The number of hydrogen-bond acceptors (Lipinski definition) is 6. The fraction of sp³-hybridized carbons (Fsp3) is 0.304. The van der Waals surface area contributed by atoms with Gasteiger partial charge >= 0.3 is 0 Å². The highest BCUT2D eigenvalue weighted by Gasteiger charge is 2.26. The molecule has 0 saturated carbocycles. The molecule has 8 nitrogen and oxygen atoms in total. The summed E-state index contributed by atoms with van der Waals surface area (Å²) in [6.07, 6.45) is 7.58. The molecule has 1 atom stereocenters. The van der Waals surface area contributed by atoms with E-state index in [1.54, 1.807) is 6.20 Å². The van der Waals surface area contributed by atoms with Crippen molar-refractivity contribution in [3.8, 4) is 28.6 Å². The van der Waals surface area contributed by atoms with Gasteiger partial charge in [0.25, 0.3) is 0 Å². The van der Waals surface area contributed by atoms with Crippen LogP contribution >= 0.6 is 0 Å². The second kappa shape index (κ2) is 7.52. The topological polar surface area (TPSA) is 118 Å². The van der Waals surface area contributed by atoms with Gasteiger partial charge in [0.1, 0.15) is 5.69 Å². The maximum Gasteiger partial charge on any atom is 0.223 e. The maximum absolute atomic E-state index is 9.21. The Balaban J connectivity index is 1.53. The molecule has 8 heteroatoms. The Morgan fingerprint density at radius 2 is 2.13 bits per heavy atom. The Morgan fingerprint density at radius 1 is 1.23 bits per heavy atom. The first kappa shape index (κ1) is 19.3. The van der Waals surface area contributed by atoms with E-state index in [1.807, 2.05) is 30.6 Å². The molecule has 3 aromatic heterocycles. The summed E-state index contributed by atoms with van der Waals surface area (Å²) in [5.41, 5.74) is 5.15. The van der Waals surface area contributed by atoms with E-state index in [0.717, 1.165) is 52.8 Å². The zero-order chi connectivity index (χ0) is 21.4. The molecule has 156 valence electrons. The monoisotopic (exact) mass is 412 g/mol. The number of nitrogens with one attached hydrogen (secondary N) is 4. The van der Waals surface area contributed by atoms with E-state index in [4.69, 9.17) is 4.98 Å². The van der Waals surface area contributed by atoms with Crippen molar-refractivity contribution in [3.63, 3.8) is 0 Å². The van der Waals surface area contributed by atoms with Gasteiger partial charge in [0.05, 0.1) is 23.5 Å². The highest BCUT2D eigenvalue weighted by Crippen LogP contribution is 2.32. The number of piperidine rings is 1. The number of fused-ring (bicyclic) bond motifs is 1. The number of nitrogens with zero attached hydrogens (tertiary/aromatic N) is 4. The van der Waals surface area contributed by atoms with Crippen LogP contribution in [0.25, 0.3) is 33.4 Å². The Bertz CT molecular complexity index is 1250. The molecule has 0 aliphatic carbocycles. The standard InChI is InChI=1S/C23H24N8/c1-23(2)6-5-17(12-26-23)29-22-25-13-18(16-10-27-28-11-16)21(31-22)20-8-15-4-3-14(9-24)7-19(15)30-20/h3-4,7-8,10-11,13,17,26,30H,5-6,12H2,1-2H3,(H,27,28)(H,25,29,31). The van der Waals surface area contributed by atoms with Gasteiger partial charge in [-0.2, -0.15) is 10.4 Å². The van der Waals surface area contributed by atoms with Crippen molar-refractivity contribution in [3.05, 3.63) is 48.4 Å². The third-order valence-electron chi connectivity index (χ3n) is 5.88. The predicted molar refractivity (Wildman–Crippen MR) is 120 cm³/mol. The molecule has 4 N–H and O–H groups in total. The summed E-state index contributed by atoms with van der Waals surface area (Å²) >= 11 is 0. The van der Waals surface area contributed by atoms with Gasteiger partial charge in [-0.1, -0.05) is 6.07 Å². The van der Waals surface area contributed by atoms with Gasteiger partial charge < -0.3 is 15.6 Å². The number of nitriles is 1. The smallest absolute Gasteiger partial charge is 0.223 e. The number of hydrogen-bond donors (Lipinski definition) is 4. The summed E-state index contributed by atoms with van der Waals surface area (Å²) in [6, 6.07) is 10.1. The van der Waals surface area contributed by atoms with Gasteiger partial charge in [-0.25, -0.2) is 9.97 Å². The first-order valence-corrected chi connectivity index (χ1v) is 10.4. The van der Waals surface area contributed by atoms with Crippen molar-refractivity contribution < 1.29 is 0 Å². The summed E-state index contributed by atoms with van der Waals surface area (Å²) in [5.74, 6) is 0.602. The molecule has 1 aliphatic heterocycles. The van der Waals surface area contributed by atoms with E-state index in [9.17, 15) is 5.26 Å². The van der Waals surface area contributed by atoms with Crippen LogP contribution in [0.15, 0.2) is 42.9 Å². The van der Waals surface area contributed by atoms with Gasteiger partial charge in [-0.05, 0) is 44.9 Å². The van der Waals surface area contributed by atoms with Crippen LogP contribution in [0, 0.1) is 11.3 Å². The summed E-state index contributed by atoms with van der Waals surface area (Å²) in [5, 5.41) is 24.2. The van der Waals surface area contributed by atoms with Crippen LogP contribution < -0.4 is 10.6 Å². The zero-order valence-electron chi connectivity index (χ0n) is 17.5. The Hall–Kier alpha value is -3.70. The molecule has 1 aromatic carbocycles. The van der Waals surface area contributed by atoms with Crippen molar-refractivity contribution in [2.24, 2.45) is 0 Å². The number of aromatic nitrogens is 5. The van der Waals surface area contributed by atoms with Crippen LogP contribution in [-0.4, -0.2) is 43.3 Å². The van der Waals surface area contributed by atoms with Crippen LogP contribution in [0.5, 0.6) is 0 Å². The SMILES string of the molecule is CC1(C)CCC(Nc2ncc(-c3cn[nH]c3)c(-c3cc4ccc(C#N)cc4[nH]3)n2)CN1. The lowest BCUT2D eigenvalue weighted by Gasteiger charge is -2.36. The normalized spacial score (nSPS) is 18.0. The Labute approximate surface area is 180 Å². The summed E-state index contributed by atoms with van der Waals surface area (Å²) in [6.45, 7) is 5.33. The van der Waals surface area contributed by atoms with Gasteiger partial charge in [-0.15, -0.1) is 0 Å². The van der Waals surface area contributed by atoms with Crippen molar-refractivity contribution in [1.29, 1.82) is 5.26 Å². The molecule has 1 fully saturated rings. The Kier molecular flexibility index (Phi) is 4.68. The number of anilines is 1. The van der Waals surface area contributed by atoms with Crippen LogP contribution in [0.4, 0.5) is 5.95 Å². The Morgan fingerprint density at radius 3 is 2.87 bits per heavy atom. The van der Waals surface area contributed by atoms with Crippen LogP contribution in [0.2, 0.25) is 0 Å². The molecule has 0 amide bonds. The molecule has 0 spiro atoms. The summed E-state index contributed by atoms with van der Waals surface area (Å²) in [4.78, 5) is 12.9. The summed E-state index contributed by atoms with van der Waals surface area (Å²) < 4.78 is 0. The first-order chi connectivity index (χ1) is 15.0. The second-order valence-corrected chi connectivity index (χ2v) is 8.68. The molecule has 0 radical (unpaired) electrons. The molecular formula is C23H24N8. The lowest BCUT2D eigenvalue weighted by atomic mass is 9.91. The highest BCUT2D eigenvalue weighted by molar-refractivity contribution is 5.89. The molecule has 5 rings (SSSR count). The van der Waals surface area contributed by atoms with E-state index in [1.165, 1.54) is 0 Å². The third kappa shape index (κ3) is 3.88. The van der Waals surface area contributed by atoms with E-state index in [-0.39, 0.29) is 11.6 Å². The van der Waals surface area contributed by atoms with Crippen LogP contribution in [0.3, 0.4) is 0 Å². The number of rotatable bonds is 4. The minimum atomic E-state index is 0.169. The quantitative estimate of drug-likeness (QED) is 0.405. The third-order valence-corrected chi connectivity index (χ3v) is 5.88. The lowest BCUT2D eigenvalue weighted by molar-refractivity contribution is 0.289. The van der Waals surface area contributed by atoms with E-state index in [2.05, 4.69) is 56.8 Å². The zero-order valence-corrected chi connectivity index (χ0v) is 17.5. The fourth-order valence-corrected chi connectivity index (χ4v) is 4.02. The molecule has 0 bridgehead atoms. The first-order valence-electron chi connectivity index (χ1n) is 10.4. The summed E-state index contributed by atoms with van der Waals surface area (Å²) in [7, 11) is 0. The minimum absolute atomic E-state index is 0.169. The van der Waals surface area contributed by atoms with E-state index < -0.39 is 0 Å². The number of aromatic amines is 2. The molecule has 1 saturated heterocycles.